The molecule has 2 aromatic heterocycles. The lowest BCUT2D eigenvalue weighted by Crippen LogP contribution is -2.39. The molecule has 37 heavy (non-hydrogen) atoms. The third kappa shape index (κ3) is 5.20. The molecule has 9 nitrogen and oxygen atoms in total. The van der Waals surface area contributed by atoms with Gasteiger partial charge in [0.05, 0.1) is 12.2 Å². The van der Waals surface area contributed by atoms with Crippen LogP contribution in [0.4, 0.5) is 11.4 Å². The highest BCUT2D eigenvalue weighted by Crippen LogP contribution is 2.24. The van der Waals surface area contributed by atoms with Gasteiger partial charge in [-0.05, 0) is 48.0 Å². The Morgan fingerprint density at radius 3 is 2.35 bits per heavy atom. The zero-order valence-electron chi connectivity index (χ0n) is 20.1. The van der Waals surface area contributed by atoms with Gasteiger partial charge in [0.2, 0.25) is 5.91 Å². The molecule has 0 aliphatic carbocycles. The van der Waals surface area contributed by atoms with E-state index in [2.05, 4.69) is 22.2 Å². The summed E-state index contributed by atoms with van der Waals surface area (Å²) in [6.45, 7) is 4.77. The summed E-state index contributed by atoms with van der Waals surface area (Å²) in [5.41, 5.74) is 3.73. The maximum absolute atomic E-state index is 13.4. The maximum atomic E-state index is 13.4. The van der Waals surface area contributed by atoms with Gasteiger partial charge in [0.25, 0.3) is 11.8 Å². The summed E-state index contributed by atoms with van der Waals surface area (Å²) in [4.78, 5) is 47.3. The molecule has 0 fully saturated rings. The van der Waals surface area contributed by atoms with Crippen molar-refractivity contribution >= 4 is 29.1 Å². The van der Waals surface area contributed by atoms with E-state index in [9.17, 15) is 14.4 Å². The van der Waals surface area contributed by atoms with Crippen LogP contribution in [-0.4, -0.2) is 43.7 Å². The minimum Gasteiger partial charge on any atom is -0.357 e. The molecular formula is C28H26N6O3. The Kier molecular flexibility index (Phi) is 6.67. The molecule has 3 N–H and O–H groups in total. The van der Waals surface area contributed by atoms with Crippen molar-refractivity contribution in [2.75, 3.05) is 17.2 Å². The van der Waals surface area contributed by atoms with Gasteiger partial charge < -0.3 is 25.1 Å². The maximum Gasteiger partial charge on any atom is 0.276 e. The number of carbonyl (C=O) groups excluding carboxylic acids is 3. The minimum atomic E-state index is -0.361. The standard InChI is InChI=1S/C28H26N6O3/c1-2-25(35)30-20-10-12-21(13-11-20)31-27(36)26-23-18-33(28(37)22-9-6-14-29-22)15-16-34(23)24(32-26)17-19-7-4-3-5-8-19/h2-14,29H,1,15-18H2,(H,30,35)(H,31,36). The van der Waals surface area contributed by atoms with Crippen LogP contribution in [0.2, 0.25) is 0 Å². The van der Waals surface area contributed by atoms with Crippen molar-refractivity contribution in [3.05, 3.63) is 114 Å². The van der Waals surface area contributed by atoms with Gasteiger partial charge >= 0.3 is 0 Å². The van der Waals surface area contributed by atoms with Crippen LogP contribution in [0.25, 0.3) is 0 Å². The van der Waals surface area contributed by atoms with Crippen LogP contribution >= 0.6 is 0 Å². The van der Waals surface area contributed by atoms with E-state index in [0.29, 0.717) is 48.0 Å². The van der Waals surface area contributed by atoms with Gasteiger partial charge in [-0.3, -0.25) is 14.4 Å². The molecule has 0 atom stereocenters. The minimum absolute atomic E-state index is 0.120. The Morgan fingerprint density at radius 1 is 0.946 bits per heavy atom. The van der Waals surface area contributed by atoms with Crippen molar-refractivity contribution in [1.82, 2.24) is 19.4 Å². The highest BCUT2D eigenvalue weighted by Gasteiger charge is 2.30. The van der Waals surface area contributed by atoms with E-state index >= 15 is 0 Å². The van der Waals surface area contributed by atoms with Crippen LogP contribution in [0.5, 0.6) is 0 Å². The SMILES string of the molecule is C=CC(=O)Nc1ccc(NC(=O)c2nc(Cc3ccccc3)n3c2CN(C(=O)c2ccc[nH]2)CC3)cc1. The number of hydrogen-bond acceptors (Lipinski definition) is 4. The summed E-state index contributed by atoms with van der Waals surface area (Å²) >= 11 is 0. The van der Waals surface area contributed by atoms with E-state index in [-0.39, 0.29) is 24.3 Å². The van der Waals surface area contributed by atoms with Crippen molar-refractivity contribution in [3.8, 4) is 0 Å². The monoisotopic (exact) mass is 494 g/mol. The third-order valence-corrected chi connectivity index (χ3v) is 6.22. The number of hydrogen-bond donors (Lipinski definition) is 3. The second kappa shape index (κ2) is 10.4. The zero-order chi connectivity index (χ0) is 25.8. The van der Waals surface area contributed by atoms with Gasteiger partial charge in [-0.25, -0.2) is 4.98 Å². The van der Waals surface area contributed by atoms with Crippen LogP contribution in [-0.2, 0) is 24.3 Å². The van der Waals surface area contributed by atoms with E-state index < -0.39 is 0 Å². The van der Waals surface area contributed by atoms with E-state index in [1.54, 1.807) is 47.5 Å². The fourth-order valence-corrected chi connectivity index (χ4v) is 4.37. The van der Waals surface area contributed by atoms with Crippen LogP contribution in [0, 0.1) is 0 Å². The number of carbonyl (C=O) groups is 3. The van der Waals surface area contributed by atoms with E-state index in [4.69, 9.17) is 4.98 Å². The number of fused-ring (bicyclic) bond motifs is 1. The largest absolute Gasteiger partial charge is 0.357 e. The molecule has 0 saturated heterocycles. The van der Waals surface area contributed by atoms with E-state index in [1.165, 1.54) is 6.08 Å². The number of anilines is 2. The summed E-state index contributed by atoms with van der Waals surface area (Å²) in [7, 11) is 0. The molecule has 3 heterocycles. The molecule has 5 rings (SSSR count). The normalized spacial score (nSPS) is 12.5. The predicted molar refractivity (Wildman–Crippen MR) is 140 cm³/mol. The van der Waals surface area contributed by atoms with Gasteiger partial charge in [-0.1, -0.05) is 36.9 Å². The molecule has 2 aromatic carbocycles. The zero-order valence-corrected chi connectivity index (χ0v) is 20.1. The Balaban J connectivity index is 1.41. The summed E-state index contributed by atoms with van der Waals surface area (Å²) in [5.74, 6) is -0.0164. The first-order valence-corrected chi connectivity index (χ1v) is 11.9. The van der Waals surface area contributed by atoms with Crippen molar-refractivity contribution < 1.29 is 14.4 Å². The number of benzene rings is 2. The molecule has 3 amide bonds. The van der Waals surface area contributed by atoms with Crippen molar-refractivity contribution in [2.45, 2.75) is 19.5 Å². The number of aromatic amines is 1. The quantitative estimate of drug-likeness (QED) is 0.339. The van der Waals surface area contributed by atoms with E-state index in [1.807, 2.05) is 34.9 Å². The smallest absolute Gasteiger partial charge is 0.276 e. The molecular weight excluding hydrogens is 468 g/mol. The lowest BCUT2D eigenvalue weighted by Gasteiger charge is -2.29. The first-order chi connectivity index (χ1) is 18.0. The fraction of sp³-hybridized carbons (Fsp3) is 0.143. The molecule has 0 bridgehead atoms. The first-order valence-electron chi connectivity index (χ1n) is 11.9. The van der Waals surface area contributed by atoms with Gasteiger partial charge in [-0.2, -0.15) is 0 Å². The van der Waals surface area contributed by atoms with Crippen molar-refractivity contribution in [3.63, 3.8) is 0 Å². The van der Waals surface area contributed by atoms with Crippen LogP contribution in [0.3, 0.4) is 0 Å². The molecule has 0 radical (unpaired) electrons. The van der Waals surface area contributed by atoms with Crippen molar-refractivity contribution in [2.24, 2.45) is 0 Å². The van der Waals surface area contributed by atoms with Gasteiger partial charge in [0.1, 0.15) is 11.5 Å². The summed E-state index contributed by atoms with van der Waals surface area (Å²) in [5, 5.41) is 5.57. The number of amides is 3. The lowest BCUT2D eigenvalue weighted by atomic mass is 10.1. The highest BCUT2D eigenvalue weighted by molar-refractivity contribution is 6.04. The molecule has 1 aliphatic rings. The Bertz CT molecular complexity index is 1440. The second-order valence-electron chi connectivity index (χ2n) is 8.67. The molecule has 4 aromatic rings. The van der Waals surface area contributed by atoms with Crippen LogP contribution < -0.4 is 10.6 Å². The van der Waals surface area contributed by atoms with Gasteiger partial charge in [-0.15, -0.1) is 0 Å². The third-order valence-electron chi connectivity index (χ3n) is 6.22. The number of rotatable bonds is 7. The molecule has 186 valence electrons. The predicted octanol–water partition coefficient (Wildman–Crippen LogP) is 3.83. The molecule has 1 aliphatic heterocycles. The topological polar surface area (TPSA) is 112 Å². The second-order valence-corrected chi connectivity index (χ2v) is 8.67. The molecule has 0 saturated carbocycles. The Hall–Kier alpha value is -4.92. The lowest BCUT2D eigenvalue weighted by molar-refractivity contribution is -0.111. The Labute approximate surface area is 213 Å². The summed E-state index contributed by atoms with van der Waals surface area (Å²) < 4.78 is 2.05. The van der Waals surface area contributed by atoms with Gasteiger partial charge in [0.15, 0.2) is 5.69 Å². The fourth-order valence-electron chi connectivity index (χ4n) is 4.37. The number of aromatic nitrogens is 3. The molecule has 9 heteroatoms. The summed E-state index contributed by atoms with van der Waals surface area (Å²) in [6, 6.07) is 20.3. The number of H-pyrrole nitrogens is 1. The highest BCUT2D eigenvalue weighted by atomic mass is 16.2. The van der Waals surface area contributed by atoms with Crippen LogP contribution in [0.15, 0.2) is 85.6 Å². The average Bonchev–Trinajstić information content (AvgIpc) is 3.58. The summed E-state index contributed by atoms with van der Waals surface area (Å²) in [6.07, 6.45) is 3.48. The number of imidazole rings is 1. The average molecular weight is 495 g/mol. The Morgan fingerprint density at radius 2 is 1.68 bits per heavy atom. The van der Waals surface area contributed by atoms with E-state index in [0.717, 1.165) is 11.4 Å². The first kappa shape index (κ1) is 23.8. The van der Waals surface area contributed by atoms with Crippen LogP contribution in [0.1, 0.15) is 38.1 Å². The number of nitrogens with one attached hydrogen (secondary N) is 3. The van der Waals surface area contributed by atoms with Crippen molar-refractivity contribution in [1.29, 1.82) is 0 Å². The number of nitrogens with zero attached hydrogens (tertiary/aromatic N) is 3. The molecule has 0 spiro atoms. The molecule has 0 unspecified atom stereocenters. The van der Waals surface area contributed by atoms with Gasteiger partial charge in [0, 0.05) is 37.1 Å².